The maximum atomic E-state index is 13.3. The molecule has 0 heterocycles. The van der Waals surface area contributed by atoms with Gasteiger partial charge in [-0.25, -0.2) is 4.79 Å². The monoisotopic (exact) mass is 461 g/mol. The highest BCUT2D eigenvalue weighted by molar-refractivity contribution is 5.90. The highest BCUT2D eigenvalue weighted by Gasteiger charge is 2.31. The van der Waals surface area contributed by atoms with Crippen molar-refractivity contribution in [2.45, 2.75) is 91.7 Å². The molecule has 7 heteroatoms. The van der Waals surface area contributed by atoms with E-state index in [4.69, 9.17) is 4.74 Å². The second kappa shape index (κ2) is 14.6. The van der Waals surface area contributed by atoms with E-state index < -0.39 is 17.7 Å². The third-order valence-corrected chi connectivity index (χ3v) is 5.20. The Morgan fingerprint density at radius 3 is 2.12 bits per heavy atom. The molecule has 0 spiro atoms. The predicted octanol–water partition coefficient (Wildman–Crippen LogP) is 4.75. The standard InChI is InChI=1S/C26H43N3O4/c1-7-10-12-17-27-24(31)23(21-15-13-20(9-3)14-16-21)29(18-11-8-2)22(30)19-28-25(32)33-26(4,5)6/h13-16,23H,7-12,17-19H2,1-6H3,(H,27,31)(H,28,32). The van der Waals surface area contributed by atoms with Crippen LogP contribution < -0.4 is 10.6 Å². The molecule has 0 bridgehead atoms. The topological polar surface area (TPSA) is 87.7 Å². The SMILES string of the molecule is CCCCCNC(=O)C(c1ccc(CC)cc1)N(CCCC)C(=O)CNC(=O)OC(C)(C)C. The maximum Gasteiger partial charge on any atom is 0.408 e. The number of nitrogens with zero attached hydrogens (tertiary/aromatic N) is 1. The third kappa shape index (κ3) is 10.7. The molecule has 7 nitrogen and oxygen atoms in total. The van der Waals surface area contributed by atoms with Gasteiger partial charge in [-0.3, -0.25) is 9.59 Å². The summed E-state index contributed by atoms with van der Waals surface area (Å²) in [5.41, 5.74) is 1.28. The van der Waals surface area contributed by atoms with Gasteiger partial charge in [0.05, 0.1) is 0 Å². The molecule has 0 aromatic heterocycles. The molecule has 0 aliphatic carbocycles. The number of unbranched alkanes of at least 4 members (excludes halogenated alkanes) is 3. The number of hydrogen-bond donors (Lipinski definition) is 2. The van der Waals surface area contributed by atoms with Gasteiger partial charge in [-0.15, -0.1) is 0 Å². The minimum absolute atomic E-state index is 0.197. The van der Waals surface area contributed by atoms with Gasteiger partial charge in [0, 0.05) is 13.1 Å². The summed E-state index contributed by atoms with van der Waals surface area (Å²) in [6.07, 6.45) is 4.87. The minimum atomic E-state index is -0.753. The Bertz CT molecular complexity index is 741. The van der Waals surface area contributed by atoms with E-state index in [2.05, 4.69) is 24.5 Å². The Labute approximate surface area is 199 Å². The summed E-state index contributed by atoms with van der Waals surface area (Å²) < 4.78 is 5.24. The van der Waals surface area contributed by atoms with Gasteiger partial charge >= 0.3 is 6.09 Å². The van der Waals surface area contributed by atoms with Crippen LogP contribution in [0.1, 0.15) is 90.8 Å². The lowest BCUT2D eigenvalue weighted by Crippen LogP contribution is -2.48. The number of ether oxygens (including phenoxy) is 1. The normalized spacial score (nSPS) is 12.1. The lowest BCUT2D eigenvalue weighted by atomic mass is 10.0. The number of aryl methyl sites for hydroxylation is 1. The Hall–Kier alpha value is -2.57. The largest absolute Gasteiger partial charge is 0.444 e. The molecule has 1 aromatic carbocycles. The number of nitrogens with one attached hydrogen (secondary N) is 2. The molecule has 0 saturated carbocycles. The molecular formula is C26H43N3O4. The Kier molecular flexibility index (Phi) is 12.6. The number of rotatable bonds is 13. The van der Waals surface area contributed by atoms with Crippen molar-refractivity contribution in [3.05, 3.63) is 35.4 Å². The third-order valence-electron chi connectivity index (χ3n) is 5.20. The molecule has 1 rings (SSSR count). The van der Waals surface area contributed by atoms with Gasteiger partial charge in [-0.1, -0.05) is 64.3 Å². The van der Waals surface area contributed by atoms with E-state index in [1.54, 1.807) is 25.7 Å². The summed E-state index contributed by atoms with van der Waals surface area (Å²) in [6.45, 7) is 12.3. The number of amides is 3. The summed E-state index contributed by atoms with van der Waals surface area (Å²) in [5, 5.41) is 5.54. The van der Waals surface area contributed by atoms with Crippen LogP contribution in [-0.2, 0) is 20.7 Å². The van der Waals surface area contributed by atoms with E-state index >= 15 is 0 Å². The van der Waals surface area contributed by atoms with Gasteiger partial charge in [-0.05, 0) is 51.2 Å². The number of alkyl carbamates (subject to hydrolysis) is 1. The summed E-state index contributed by atoms with van der Waals surface area (Å²) >= 11 is 0. The van der Waals surface area contributed by atoms with Crippen LogP contribution in [0.4, 0.5) is 4.79 Å². The summed E-state index contributed by atoms with van der Waals surface area (Å²) in [4.78, 5) is 40.1. The molecule has 3 amide bonds. The van der Waals surface area contributed by atoms with Crippen LogP contribution in [0.2, 0.25) is 0 Å². The van der Waals surface area contributed by atoms with E-state index in [-0.39, 0.29) is 18.4 Å². The molecule has 0 radical (unpaired) electrons. The van der Waals surface area contributed by atoms with Crippen LogP contribution in [0, 0.1) is 0 Å². The van der Waals surface area contributed by atoms with Crippen LogP contribution in [0.3, 0.4) is 0 Å². The van der Waals surface area contributed by atoms with Crippen molar-refractivity contribution < 1.29 is 19.1 Å². The number of benzene rings is 1. The minimum Gasteiger partial charge on any atom is -0.444 e. The first kappa shape index (κ1) is 28.5. The quantitative estimate of drug-likeness (QED) is 0.415. The van der Waals surface area contributed by atoms with Crippen LogP contribution in [0.25, 0.3) is 0 Å². The molecule has 0 aliphatic heterocycles. The van der Waals surface area contributed by atoms with Crippen molar-refractivity contribution >= 4 is 17.9 Å². The van der Waals surface area contributed by atoms with Crippen molar-refractivity contribution in [3.63, 3.8) is 0 Å². The first-order valence-corrected chi connectivity index (χ1v) is 12.3. The Morgan fingerprint density at radius 1 is 0.939 bits per heavy atom. The zero-order chi connectivity index (χ0) is 24.9. The molecule has 186 valence electrons. The van der Waals surface area contributed by atoms with E-state index in [1.165, 1.54) is 5.56 Å². The zero-order valence-corrected chi connectivity index (χ0v) is 21.3. The number of carbonyl (C=O) groups excluding carboxylic acids is 3. The Morgan fingerprint density at radius 2 is 1.58 bits per heavy atom. The van der Waals surface area contributed by atoms with Gasteiger partial charge in [-0.2, -0.15) is 0 Å². The van der Waals surface area contributed by atoms with Gasteiger partial charge in [0.15, 0.2) is 0 Å². The van der Waals surface area contributed by atoms with Crippen molar-refractivity contribution in [2.24, 2.45) is 0 Å². The van der Waals surface area contributed by atoms with Crippen LogP contribution >= 0.6 is 0 Å². The average Bonchev–Trinajstić information content (AvgIpc) is 2.76. The molecular weight excluding hydrogens is 418 g/mol. The molecule has 0 fully saturated rings. The van der Waals surface area contributed by atoms with Gasteiger partial charge < -0.3 is 20.3 Å². The van der Waals surface area contributed by atoms with Gasteiger partial charge in [0.2, 0.25) is 11.8 Å². The summed E-state index contributed by atoms with van der Waals surface area (Å²) in [7, 11) is 0. The highest BCUT2D eigenvalue weighted by atomic mass is 16.6. The lowest BCUT2D eigenvalue weighted by Gasteiger charge is -2.32. The molecule has 2 N–H and O–H groups in total. The van der Waals surface area contributed by atoms with Gasteiger partial charge in [0.25, 0.3) is 0 Å². The average molecular weight is 462 g/mol. The smallest absolute Gasteiger partial charge is 0.408 e. The predicted molar refractivity (Wildman–Crippen MR) is 132 cm³/mol. The van der Waals surface area contributed by atoms with Crippen molar-refractivity contribution in [1.82, 2.24) is 15.5 Å². The lowest BCUT2D eigenvalue weighted by molar-refractivity contribution is -0.140. The van der Waals surface area contributed by atoms with Crippen LogP contribution in [-0.4, -0.2) is 48.0 Å². The van der Waals surface area contributed by atoms with Crippen molar-refractivity contribution in [2.75, 3.05) is 19.6 Å². The van der Waals surface area contributed by atoms with E-state index in [9.17, 15) is 14.4 Å². The molecule has 1 unspecified atom stereocenters. The summed E-state index contributed by atoms with van der Waals surface area (Å²) in [5.74, 6) is -0.514. The van der Waals surface area contributed by atoms with Crippen LogP contribution in [0.15, 0.2) is 24.3 Å². The fourth-order valence-electron chi connectivity index (χ4n) is 3.38. The molecule has 0 aliphatic rings. The summed E-state index contributed by atoms with van der Waals surface area (Å²) in [6, 6.07) is 7.07. The molecule has 0 saturated heterocycles. The van der Waals surface area contributed by atoms with Crippen molar-refractivity contribution in [3.8, 4) is 0 Å². The number of carbonyl (C=O) groups is 3. The fraction of sp³-hybridized carbons (Fsp3) is 0.654. The molecule has 33 heavy (non-hydrogen) atoms. The second-order valence-corrected chi connectivity index (χ2v) is 9.29. The second-order valence-electron chi connectivity index (χ2n) is 9.29. The van der Waals surface area contributed by atoms with E-state index in [1.807, 2.05) is 31.2 Å². The zero-order valence-electron chi connectivity index (χ0n) is 21.3. The van der Waals surface area contributed by atoms with E-state index in [0.29, 0.717) is 13.1 Å². The first-order valence-electron chi connectivity index (χ1n) is 12.3. The maximum absolute atomic E-state index is 13.3. The Balaban J connectivity index is 3.11. The number of hydrogen-bond acceptors (Lipinski definition) is 4. The first-order chi connectivity index (χ1) is 15.6. The highest BCUT2D eigenvalue weighted by Crippen LogP contribution is 2.23. The van der Waals surface area contributed by atoms with Gasteiger partial charge in [0.1, 0.15) is 18.2 Å². The molecule has 1 atom stereocenters. The van der Waals surface area contributed by atoms with E-state index in [0.717, 1.165) is 44.1 Å². The molecule has 1 aromatic rings. The fourth-order valence-corrected chi connectivity index (χ4v) is 3.38. The van der Waals surface area contributed by atoms with Crippen molar-refractivity contribution in [1.29, 1.82) is 0 Å². The van der Waals surface area contributed by atoms with Crippen LogP contribution in [0.5, 0.6) is 0 Å².